The van der Waals surface area contributed by atoms with Crippen molar-refractivity contribution in [2.75, 3.05) is 0 Å². The van der Waals surface area contributed by atoms with Crippen LogP contribution in [0.4, 0.5) is 0 Å². The predicted molar refractivity (Wildman–Crippen MR) is 43.7 cm³/mol. The van der Waals surface area contributed by atoms with Gasteiger partial charge in [-0.2, -0.15) is 0 Å². The molecule has 0 saturated carbocycles. The molecule has 0 spiro atoms. The van der Waals surface area contributed by atoms with Crippen LogP contribution in [-0.4, -0.2) is 82.9 Å². The topological polar surface area (TPSA) is 74.6 Å². The van der Waals surface area contributed by atoms with Gasteiger partial charge in [-0.1, -0.05) is 0 Å². The van der Waals surface area contributed by atoms with Crippen LogP contribution < -0.4 is 0 Å². The third-order valence-corrected chi connectivity index (χ3v) is 0. The van der Waals surface area contributed by atoms with E-state index in [-0.39, 0.29) is 60.8 Å². The summed E-state index contributed by atoms with van der Waals surface area (Å²) in [7, 11) is 0. The van der Waals surface area contributed by atoms with Gasteiger partial charge >= 0.3 is 60.8 Å². The molecule has 0 fully saturated rings. The summed E-state index contributed by atoms with van der Waals surface area (Å²) >= 11 is 0. The smallest absolute Gasteiger partial charge is 0.316 e. The van der Waals surface area contributed by atoms with Crippen LogP contribution in [0.5, 0.6) is 0 Å². The molecule has 0 saturated heterocycles. The van der Waals surface area contributed by atoms with Gasteiger partial charge in [0, 0.05) is 13.8 Å². The van der Waals surface area contributed by atoms with Gasteiger partial charge in [-0.15, -0.1) is 0 Å². The predicted octanol–water partition coefficient (Wildman–Crippen LogP) is -1.65. The van der Waals surface area contributed by atoms with Crippen molar-refractivity contribution in [1.82, 2.24) is 0 Å². The van der Waals surface area contributed by atoms with Crippen molar-refractivity contribution in [2.24, 2.45) is 0 Å². The number of carboxylic acids is 2. The van der Waals surface area contributed by atoms with Crippen molar-refractivity contribution in [3.05, 3.63) is 0 Å². The van der Waals surface area contributed by atoms with Crippen LogP contribution in [0.2, 0.25) is 0 Å². The third-order valence-electron chi connectivity index (χ3n) is 0. The van der Waals surface area contributed by atoms with Gasteiger partial charge in [0.2, 0.25) is 0 Å². The zero-order valence-electron chi connectivity index (χ0n) is 4.71. The minimum atomic E-state index is -0.833. The molecule has 6 heteroatoms. The molecule has 0 aliphatic carbocycles. The molecule has 0 heterocycles. The largest absolute Gasteiger partial charge is 0.316 e. The summed E-state index contributed by atoms with van der Waals surface area (Å²) in [6.45, 7) is 2.17. The van der Waals surface area contributed by atoms with Gasteiger partial charge in [0.1, 0.15) is 0 Å². The van der Waals surface area contributed by atoms with Crippen LogP contribution >= 0.6 is 0 Å². The maximum Gasteiger partial charge on any atom is 0.316 e. The van der Waals surface area contributed by atoms with Crippen LogP contribution in [0, 0.1) is 0 Å². The van der Waals surface area contributed by atoms with Crippen molar-refractivity contribution in [3.8, 4) is 0 Å². The van der Waals surface area contributed by atoms with Crippen molar-refractivity contribution < 1.29 is 19.8 Å². The van der Waals surface area contributed by atoms with E-state index in [0.29, 0.717) is 0 Å². The quantitative estimate of drug-likeness (QED) is 0.447. The molecule has 0 bridgehead atoms. The van der Waals surface area contributed by atoms with E-state index in [2.05, 4.69) is 0 Å². The minimum Gasteiger partial charge on any atom is 0.316 e. The Morgan fingerprint density at radius 2 is 1.00 bits per heavy atom. The fraction of sp³-hybridized carbons (Fsp3) is 0.500. The maximum atomic E-state index is 9.00. The Hall–Kier alpha value is 0.966. The van der Waals surface area contributed by atoms with Crippen molar-refractivity contribution in [3.63, 3.8) is 0 Å². The molecule has 0 radical (unpaired) electrons. The monoisotopic (exact) mass is 188 g/mol. The summed E-state index contributed by atoms with van der Waals surface area (Å²) in [5, 5.41) is 14.8. The van der Waals surface area contributed by atoms with E-state index in [0.717, 1.165) is 13.8 Å². The summed E-state index contributed by atoms with van der Waals surface area (Å²) in [6, 6.07) is 0. The molecule has 0 unspecified atom stereocenters. The summed E-state index contributed by atoms with van der Waals surface area (Å²) in [6.07, 6.45) is 0. The first-order valence-corrected chi connectivity index (χ1v) is 1.86. The van der Waals surface area contributed by atoms with Crippen molar-refractivity contribution >= 4 is 72.7 Å². The van der Waals surface area contributed by atoms with Crippen molar-refractivity contribution in [1.29, 1.82) is 0 Å². The molecule has 0 amide bonds. The van der Waals surface area contributed by atoms with Gasteiger partial charge in [0.15, 0.2) is 0 Å². The molecule has 2 N–H and O–H groups in total. The van der Waals surface area contributed by atoms with Crippen LogP contribution in [0.25, 0.3) is 0 Å². The summed E-state index contributed by atoms with van der Waals surface area (Å²) in [5.41, 5.74) is 0. The molecule has 56 valence electrons. The molecule has 0 atom stereocenters. The van der Waals surface area contributed by atoms with Gasteiger partial charge in [0.25, 0.3) is 11.9 Å². The average molecular weight is 189 g/mol. The zero-order valence-corrected chi connectivity index (χ0v) is 4.71. The Morgan fingerprint density at radius 1 is 1.00 bits per heavy atom. The van der Waals surface area contributed by atoms with E-state index in [1.165, 1.54) is 0 Å². The molecular formula is C4H12CaMgO4. The first-order valence-electron chi connectivity index (χ1n) is 1.86. The average Bonchev–Trinajstić information content (AvgIpc) is 1.25. The Morgan fingerprint density at radius 3 is 1.00 bits per heavy atom. The number of carboxylic acid groups (broad SMARTS) is 2. The maximum absolute atomic E-state index is 9.00. The van der Waals surface area contributed by atoms with Crippen LogP contribution in [0.1, 0.15) is 13.8 Å². The molecule has 0 aromatic heterocycles. The van der Waals surface area contributed by atoms with Crippen molar-refractivity contribution in [2.45, 2.75) is 13.8 Å². The fourth-order valence-electron chi connectivity index (χ4n) is 0. The Labute approximate surface area is 105 Å². The van der Waals surface area contributed by atoms with Gasteiger partial charge in [0.05, 0.1) is 0 Å². The van der Waals surface area contributed by atoms with E-state index >= 15 is 0 Å². The third kappa shape index (κ3) is 610. The zero-order chi connectivity index (χ0) is 7.15. The Bertz CT molecular complexity index is 75.3. The molecule has 0 aliphatic heterocycles. The summed E-state index contributed by atoms with van der Waals surface area (Å²) < 4.78 is 0. The van der Waals surface area contributed by atoms with Crippen LogP contribution in [0.3, 0.4) is 0 Å². The molecule has 0 rings (SSSR count). The Balaban J connectivity index is -0.0000000300. The second-order valence-electron chi connectivity index (χ2n) is 1.04. The first kappa shape index (κ1) is 22.4. The molecular weight excluding hydrogens is 176 g/mol. The summed E-state index contributed by atoms with van der Waals surface area (Å²) in [5.74, 6) is -1.67. The normalized spacial score (nSPS) is 5.00. The molecule has 0 aromatic rings. The van der Waals surface area contributed by atoms with Gasteiger partial charge in [-0.25, -0.2) is 0 Å². The SMILES string of the molecule is CC(=O)O.CC(=O)O.[CaH2].[MgH2]. The van der Waals surface area contributed by atoms with E-state index in [1.807, 2.05) is 0 Å². The Kier molecular flexibility index (Phi) is 37.1. The fourth-order valence-corrected chi connectivity index (χ4v) is 0. The number of rotatable bonds is 0. The molecule has 4 nitrogen and oxygen atoms in total. The molecule has 10 heavy (non-hydrogen) atoms. The summed E-state index contributed by atoms with van der Waals surface area (Å²) in [4.78, 5) is 18.0. The van der Waals surface area contributed by atoms with Gasteiger partial charge < -0.3 is 10.2 Å². The van der Waals surface area contributed by atoms with E-state index < -0.39 is 11.9 Å². The molecule has 0 aromatic carbocycles. The standard InChI is InChI=1S/2C2H4O2.Ca.Mg.4H/c2*1-2(3)4;;;;;;/h2*1H3,(H,3,4);;;;;;. The van der Waals surface area contributed by atoms with Crippen LogP contribution in [0.15, 0.2) is 0 Å². The minimum absolute atomic E-state index is 0. The second-order valence-corrected chi connectivity index (χ2v) is 1.04. The van der Waals surface area contributed by atoms with Crippen LogP contribution in [-0.2, 0) is 9.59 Å². The number of aliphatic carboxylic acids is 2. The molecule has 0 aliphatic rings. The first-order chi connectivity index (χ1) is 3.46. The second kappa shape index (κ2) is 16.5. The number of carbonyl (C=O) groups is 2. The van der Waals surface area contributed by atoms with E-state index in [4.69, 9.17) is 19.8 Å². The van der Waals surface area contributed by atoms with Gasteiger partial charge in [-0.3, -0.25) is 9.59 Å². The van der Waals surface area contributed by atoms with E-state index in [1.54, 1.807) is 0 Å². The van der Waals surface area contributed by atoms with Gasteiger partial charge in [-0.05, 0) is 0 Å². The number of hydrogen-bond acceptors (Lipinski definition) is 2. The number of hydrogen-bond donors (Lipinski definition) is 2. The van der Waals surface area contributed by atoms with E-state index in [9.17, 15) is 0 Å².